The molecular weight excluding hydrogens is 395 g/mol. The Bertz CT molecular complexity index is 923. The van der Waals surface area contributed by atoms with E-state index in [1.165, 1.54) is 4.90 Å². The van der Waals surface area contributed by atoms with Gasteiger partial charge in [0.25, 0.3) is 0 Å². The highest BCUT2D eigenvalue weighted by atomic mass is 32.2. The summed E-state index contributed by atoms with van der Waals surface area (Å²) in [6, 6.07) is 3.45. The van der Waals surface area contributed by atoms with E-state index in [2.05, 4.69) is 9.97 Å². The zero-order chi connectivity index (χ0) is 19.8. The van der Waals surface area contributed by atoms with Crippen LogP contribution in [-0.2, 0) is 16.2 Å². The maximum atomic E-state index is 13.8. The number of nitrogens with zero attached hydrogens (tertiary/aromatic N) is 4. The number of aromatic nitrogens is 2. The van der Waals surface area contributed by atoms with Gasteiger partial charge in [0, 0.05) is 32.4 Å². The van der Waals surface area contributed by atoms with E-state index >= 15 is 0 Å². The maximum Gasteiger partial charge on any atom is 0.433 e. The lowest BCUT2D eigenvalue weighted by molar-refractivity contribution is -0.141. The van der Waals surface area contributed by atoms with Crippen LogP contribution in [0.3, 0.4) is 0 Å². The fourth-order valence-corrected chi connectivity index (χ4v) is 4.18. The largest absolute Gasteiger partial charge is 0.433 e. The highest BCUT2D eigenvalue weighted by molar-refractivity contribution is 7.89. The highest BCUT2D eigenvalue weighted by Crippen LogP contribution is 2.29. The van der Waals surface area contributed by atoms with Crippen molar-refractivity contribution >= 4 is 16.0 Å². The van der Waals surface area contributed by atoms with Gasteiger partial charge in [-0.05, 0) is 18.2 Å². The number of hydrogen-bond acceptors (Lipinski definition) is 5. The van der Waals surface area contributed by atoms with E-state index in [0.29, 0.717) is 0 Å². The van der Waals surface area contributed by atoms with E-state index in [9.17, 15) is 30.4 Å². The van der Waals surface area contributed by atoms with Crippen LogP contribution in [0.5, 0.6) is 0 Å². The topological polar surface area (TPSA) is 66.4 Å². The minimum Gasteiger partial charge on any atom is -0.338 e. The molecular formula is C15H13F5N4O2S. The maximum absolute atomic E-state index is 13.8. The number of halogens is 5. The quantitative estimate of drug-likeness (QED) is 0.730. The molecule has 1 fully saturated rings. The van der Waals surface area contributed by atoms with Gasteiger partial charge in [-0.1, -0.05) is 6.07 Å². The van der Waals surface area contributed by atoms with Gasteiger partial charge in [0.15, 0.2) is 4.90 Å². The predicted molar refractivity (Wildman–Crippen MR) is 84.4 cm³/mol. The summed E-state index contributed by atoms with van der Waals surface area (Å²) in [7, 11) is -4.42. The number of hydrogen-bond donors (Lipinski definition) is 0. The molecule has 0 bridgehead atoms. The Morgan fingerprint density at radius 2 is 1.56 bits per heavy atom. The van der Waals surface area contributed by atoms with Crippen molar-refractivity contribution in [3.63, 3.8) is 0 Å². The molecule has 0 atom stereocenters. The number of rotatable bonds is 3. The summed E-state index contributed by atoms with van der Waals surface area (Å²) in [5.74, 6) is -2.61. The van der Waals surface area contributed by atoms with E-state index in [0.717, 1.165) is 34.8 Å². The highest BCUT2D eigenvalue weighted by Gasteiger charge is 2.35. The Hall–Kier alpha value is -2.34. The van der Waals surface area contributed by atoms with Gasteiger partial charge in [-0.2, -0.15) is 17.5 Å². The predicted octanol–water partition coefficient (Wildman–Crippen LogP) is 2.28. The monoisotopic (exact) mass is 408 g/mol. The summed E-state index contributed by atoms with van der Waals surface area (Å²) in [6.45, 7) is -0.432. The molecule has 1 saturated heterocycles. The van der Waals surface area contributed by atoms with E-state index in [4.69, 9.17) is 0 Å². The summed E-state index contributed by atoms with van der Waals surface area (Å²) in [6.07, 6.45) is -3.67. The summed E-state index contributed by atoms with van der Waals surface area (Å²) < 4.78 is 91.8. The van der Waals surface area contributed by atoms with Gasteiger partial charge >= 0.3 is 6.18 Å². The zero-order valence-electron chi connectivity index (χ0n) is 13.6. The summed E-state index contributed by atoms with van der Waals surface area (Å²) in [5.41, 5.74) is -1.11. The lowest BCUT2D eigenvalue weighted by atomic mass is 10.3. The molecule has 2 heterocycles. The van der Waals surface area contributed by atoms with Gasteiger partial charge in [0.05, 0.1) is 0 Å². The molecule has 27 heavy (non-hydrogen) atoms. The van der Waals surface area contributed by atoms with Crippen LogP contribution in [0, 0.1) is 11.6 Å². The second kappa shape index (κ2) is 7.00. The summed E-state index contributed by atoms with van der Waals surface area (Å²) in [4.78, 5) is 7.55. The van der Waals surface area contributed by atoms with Crippen molar-refractivity contribution in [3.05, 3.63) is 47.8 Å². The second-order valence-corrected chi connectivity index (χ2v) is 7.56. The molecule has 12 heteroatoms. The van der Waals surface area contributed by atoms with Crippen LogP contribution in [0.4, 0.5) is 27.9 Å². The van der Waals surface area contributed by atoms with Crippen LogP contribution >= 0.6 is 0 Å². The van der Waals surface area contributed by atoms with Crippen molar-refractivity contribution in [3.8, 4) is 0 Å². The Balaban J connectivity index is 1.78. The van der Waals surface area contributed by atoms with Gasteiger partial charge < -0.3 is 4.90 Å². The van der Waals surface area contributed by atoms with Gasteiger partial charge in [-0.3, -0.25) is 0 Å². The van der Waals surface area contributed by atoms with Crippen molar-refractivity contribution in [1.82, 2.24) is 14.3 Å². The van der Waals surface area contributed by atoms with Crippen molar-refractivity contribution in [2.45, 2.75) is 11.1 Å². The first-order chi connectivity index (χ1) is 12.6. The summed E-state index contributed by atoms with van der Waals surface area (Å²) >= 11 is 0. The Labute approximate surface area is 151 Å². The third-order valence-corrected chi connectivity index (χ3v) is 5.92. The lowest BCUT2D eigenvalue weighted by Gasteiger charge is -2.34. The van der Waals surface area contributed by atoms with Crippen molar-refractivity contribution < 1.29 is 30.4 Å². The molecule has 0 saturated carbocycles. The van der Waals surface area contributed by atoms with Crippen LogP contribution in [-0.4, -0.2) is 48.9 Å². The van der Waals surface area contributed by atoms with Gasteiger partial charge in [0.1, 0.15) is 17.3 Å². The molecule has 3 rings (SSSR count). The Kier molecular flexibility index (Phi) is 5.04. The molecule has 0 N–H and O–H groups in total. The minimum atomic E-state index is -4.63. The SMILES string of the molecule is O=S(=O)(c1c(F)cccc1F)N1CCN(c2nccc(C(F)(F)F)n2)CC1. The first-order valence-electron chi connectivity index (χ1n) is 7.70. The van der Waals surface area contributed by atoms with E-state index in [-0.39, 0.29) is 32.1 Å². The van der Waals surface area contributed by atoms with Crippen LogP contribution in [0.25, 0.3) is 0 Å². The van der Waals surface area contributed by atoms with Gasteiger partial charge in [-0.25, -0.2) is 27.2 Å². The number of benzene rings is 1. The first-order valence-corrected chi connectivity index (χ1v) is 9.14. The standard InChI is InChI=1S/C15H13F5N4O2S/c16-10-2-1-3-11(17)13(10)27(25,26)24-8-6-23(7-9-24)14-21-5-4-12(22-14)15(18,19)20/h1-5H,6-9H2. The second-order valence-electron chi connectivity index (χ2n) is 5.68. The molecule has 1 aliphatic rings. The van der Waals surface area contributed by atoms with Crippen LogP contribution in [0.1, 0.15) is 5.69 Å². The zero-order valence-corrected chi connectivity index (χ0v) is 14.4. The van der Waals surface area contributed by atoms with Crippen LogP contribution in [0.2, 0.25) is 0 Å². The molecule has 0 radical (unpaired) electrons. The third kappa shape index (κ3) is 3.86. The van der Waals surface area contributed by atoms with Crippen LogP contribution in [0.15, 0.2) is 35.4 Å². The molecule has 1 aromatic carbocycles. The van der Waals surface area contributed by atoms with Gasteiger partial charge in [0.2, 0.25) is 16.0 Å². The molecule has 0 aliphatic carbocycles. The number of alkyl halides is 3. The van der Waals surface area contributed by atoms with E-state index in [1.54, 1.807) is 0 Å². The molecule has 0 unspecified atom stereocenters. The Morgan fingerprint density at radius 3 is 2.11 bits per heavy atom. The smallest absolute Gasteiger partial charge is 0.338 e. The Morgan fingerprint density at radius 1 is 0.963 bits per heavy atom. The van der Waals surface area contributed by atoms with Crippen molar-refractivity contribution in [2.24, 2.45) is 0 Å². The van der Waals surface area contributed by atoms with Crippen LogP contribution < -0.4 is 4.90 Å². The number of sulfonamides is 1. The molecule has 1 aromatic heterocycles. The molecule has 0 spiro atoms. The van der Waals surface area contributed by atoms with Gasteiger partial charge in [-0.15, -0.1) is 0 Å². The molecule has 0 amide bonds. The minimum absolute atomic E-state index is 0.0311. The fraction of sp³-hybridized carbons (Fsp3) is 0.333. The normalized spacial score (nSPS) is 16.6. The van der Waals surface area contributed by atoms with Crippen molar-refractivity contribution in [1.29, 1.82) is 0 Å². The molecule has 146 valence electrons. The fourth-order valence-electron chi connectivity index (χ4n) is 2.65. The van der Waals surface area contributed by atoms with E-state index < -0.39 is 38.4 Å². The summed E-state index contributed by atoms with van der Waals surface area (Å²) in [5, 5.41) is 0. The first kappa shape index (κ1) is 19.4. The van der Waals surface area contributed by atoms with E-state index in [1.807, 2.05) is 0 Å². The molecule has 1 aliphatic heterocycles. The number of anilines is 1. The average molecular weight is 408 g/mol. The average Bonchev–Trinajstić information content (AvgIpc) is 2.61. The molecule has 2 aromatic rings. The lowest BCUT2D eigenvalue weighted by Crippen LogP contribution is -2.49. The number of piperazine rings is 1. The third-order valence-electron chi connectivity index (χ3n) is 3.97. The molecule has 6 nitrogen and oxygen atoms in total. The van der Waals surface area contributed by atoms with Crippen molar-refractivity contribution in [2.75, 3.05) is 31.1 Å².